The van der Waals surface area contributed by atoms with Gasteiger partial charge >= 0.3 is 0 Å². The van der Waals surface area contributed by atoms with Crippen LogP contribution in [0, 0.1) is 0 Å². The van der Waals surface area contributed by atoms with Crippen molar-refractivity contribution >= 4 is 16.0 Å². The Hall–Kier alpha value is -1.64. The van der Waals surface area contributed by atoms with Gasteiger partial charge in [-0.3, -0.25) is 0 Å². The molecule has 0 radical (unpaired) electrons. The van der Waals surface area contributed by atoms with E-state index >= 15 is 0 Å². The van der Waals surface area contributed by atoms with E-state index in [4.69, 9.17) is 0 Å². The highest BCUT2D eigenvalue weighted by atomic mass is 32.2. The minimum atomic E-state index is -3.43. The summed E-state index contributed by atoms with van der Waals surface area (Å²) in [5.74, 6) is 0.764. The van der Waals surface area contributed by atoms with Gasteiger partial charge in [-0.15, -0.1) is 0 Å². The Morgan fingerprint density at radius 2 is 1.89 bits per heavy atom. The zero-order valence-corrected chi connectivity index (χ0v) is 18.0. The molecule has 0 spiro atoms. The summed E-state index contributed by atoms with van der Waals surface area (Å²) in [6.07, 6.45) is 6.45. The maximum atomic E-state index is 11.9. The van der Waals surface area contributed by atoms with Crippen LogP contribution in [0.1, 0.15) is 44.6 Å². The van der Waals surface area contributed by atoms with E-state index in [1.54, 1.807) is 18.2 Å². The Morgan fingerprint density at radius 1 is 1.14 bits per heavy atom. The highest BCUT2D eigenvalue weighted by Gasteiger charge is 2.11. The van der Waals surface area contributed by atoms with E-state index in [0.717, 1.165) is 37.6 Å². The standard InChI is InChI=1S/C20H35N5O2S/c1-3-22-20(23-12-9-15-25-13-6-4-5-7-14-25)24-17-18-10-8-11-19(16-18)28(26,27)21-2/h8,10-11,16,21H,3-7,9,12-15,17H2,1-2H3,(H2,22,23,24). The molecule has 3 N–H and O–H groups in total. The minimum absolute atomic E-state index is 0.262. The lowest BCUT2D eigenvalue weighted by Crippen LogP contribution is -2.39. The first kappa shape index (κ1) is 22.6. The van der Waals surface area contributed by atoms with Crippen LogP contribution in [0.3, 0.4) is 0 Å². The van der Waals surface area contributed by atoms with Crippen molar-refractivity contribution in [2.24, 2.45) is 4.99 Å². The third kappa shape index (κ3) is 7.77. The van der Waals surface area contributed by atoms with Gasteiger partial charge in [0.05, 0.1) is 11.4 Å². The van der Waals surface area contributed by atoms with Crippen LogP contribution >= 0.6 is 0 Å². The molecule has 0 amide bonds. The van der Waals surface area contributed by atoms with Gasteiger partial charge in [0.1, 0.15) is 0 Å². The number of aliphatic imine (C=N–C) groups is 1. The summed E-state index contributed by atoms with van der Waals surface area (Å²) < 4.78 is 26.2. The Balaban J connectivity index is 1.85. The van der Waals surface area contributed by atoms with Gasteiger partial charge in [-0.05, 0) is 70.6 Å². The molecule has 1 heterocycles. The Kier molecular flexibility index (Phi) is 9.73. The SMILES string of the molecule is CCNC(=NCc1cccc(S(=O)(=O)NC)c1)NCCCN1CCCCCC1. The van der Waals surface area contributed by atoms with E-state index in [0.29, 0.717) is 6.54 Å². The average Bonchev–Trinajstić information content (AvgIpc) is 2.98. The molecule has 1 aliphatic rings. The molecule has 1 aromatic rings. The first-order valence-corrected chi connectivity index (χ1v) is 11.8. The summed E-state index contributed by atoms with van der Waals surface area (Å²) in [6, 6.07) is 6.89. The second-order valence-corrected chi connectivity index (χ2v) is 8.97. The fourth-order valence-corrected chi connectivity index (χ4v) is 4.11. The topological polar surface area (TPSA) is 85.8 Å². The van der Waals surface area contributed by atoms with Crippen molar-refractivity contribution in [2.75, 3.05) is 39.8 Å². The van der Waals surface area contributed by atoms with Crippen LogP contribution in [-0.2, 0) is 16.6 Å². The summed E-state index contributed by atoms with van der Waals surface area (Å²) in [4.78, 5) is 7.42. The smallest absolute Gasteiger partial charge is 0.240 e. The monoisotopic (exact) mass is 409 g/mol. The minimum Gasteiger partial charge on any atom is -0.357 e. The molecular weight excluding hydrogens is 374 g/mol. The molecule has 0 atom stereocenters. The van der Waals surface area contributed by atoms with Gasteiger partial charge in [0.15, 0.2) is 5.96 Å². The quantitative estimate of drug-likeness (QED) is 0.330. The van der Waals surface area contributed by atoms with E-state index in [1.807, 2.05) is 13.0 Å². The number of sulfonamides is 1. The molecule has 0 aliphatic carbocycles. The molecule has 0 saturated carbocycles. The van der Waals surface area contributed by atoms with Crippen LogP contribution in [0.4, 0.5) is 0 Å². The predicted molar refractivity (Wildman–Crippen MR) is 115 cm³/mol. The van der Waals surface area contributed by atoms with E-state index in [-0.39, 0.29) is 4.90 Å². The number of hydrogen-bond donors (Lipinski definition) is 3. The van der Waals surface area contributed by atoms with Gasteiger partial charge in [-0.1, -0.05) is 25.0 Å². The van der Waals surface area contributed by atoms with Gasteiger partial charge in [0.25, 0.3) is 0 Å². The van der Waals surface area contributed by atoms with Crippen molar-refractivity contribution < 1.29 is 8.42 Å². The molecule has 1 saturated heterocycles. The second-order valence-electron chi connectivity index (χ2n) is 7.09. The second kappa shape index (κ2) is 12.0. The van der Waals surface area contributed by atoms with Gasteiger partial charge < -0.3 is 15.5 Å². The Morgan fingerprint density at radius 3 is 2.57 bits per heavy atom. The maximum Gasteiger partial charge on any atom is 0.240 e. The Labute approximate surface area is 170 Å². The molecule has 1 fully saturated rings. The fraction of sp³-hybridized carbons (Fsp3) is 0.650. The van der Waals surface area contributed by atoms with Crippen LogP contribution in [0.2, 0.25) is 0 Å². The summed E-state index contributed by atoms with van der Waals surface area (Å²) in [7, 11) is -2.02. The lowest BCUT2D eigenvalue weighted by atomic mass is 10.2. The number of likely N-dealkylation sites (tertiary alicyclic amines) is 1. The highest BCUT2D eigenvalue weighted by Crippen LogP contribution is 2.12. The average molecular weight is 410 g/mol. The number of nitrogens with zero attached hydrogens (tertiary/aromatic N) is 2. The van der Waals surface area contributed by atoms with Crippen molar-refractivity contribution in [3.63, 3.8) is 0 Å². The number of hydrogen-bond acceptors (Lipinski definition) is 4. The lowest BCUT2D eigenvalue weighted by Gasteiger charge is -2.20. The normalized spacial score (nSPS) is 16.6. The summed E-state index contributed by atoms with van der Waals surface area (Å²) in [5.41, 5.74) is 0.859. The molecule has 1 aliphatic heterocycles. The molecule has 0 unspecified atom stereocenters. The first-order chi connectivity index (χ1) is 13.5. The largest absolute Gasteiger partial charge is 0.357 e. The van der Waals surface area contributed by atoms with Crippen LogP contribution in [-0.4, -0.2) is 59.0 Å². The van der Waals surface area contributed by atoms with Gasteiger partial charge in [-0.2, -0.15) is 0 Å². The first-order valence-electron chi connectivity index (χ1n) is 10.3. The van der Waals surface area contributed by atoms with E-state index in [2.05, 4.69) is 25.2 Å². The van der Waals surface area contributed by atoms with Crippen molar-refractivity contribution in [3.8, 4) is 0 Å². The number of rotatable bonds is 9. The van der Waals surface area contributed by atoms with Crippen LogP contribution in [0.5, 0.6) is 0 Å². The number of nitrogens with one attached hydrogen (secondary N) is 3. The molecule has 7 nitrogen and oxygen atoms in total. The third-order valence-electron chi connectivity index (χ3n) is 4.88. The molecule has 0 aromatic heterocycles. The van der Waals surface area contributed by atoms with Gasteiger partial charge in [0.2, 0.25) is 10.0 Å². The molecule has 0 bridgehead atoms. The third-order valence-corrected chi connectivity index (χ3v) is 6.30. The van der Waals surface area contributed by atoms with Gasteiger partial charge in [0, 0.05) is 13.1 Å². The Bertz CT molecular complexity index is 713. The predicted octanol–water partition coefficient (Wildman–Crippen LogP) is 1.92. The van der Waals surface area contributed by atoms with Crippen molar-refractivity contribution in [1.29, 1.82) is 0 Å². The van der Waals surface area contributed by atoms with Gasteiger partial charge in [-0.25, -0.2) is 18.1 Å². The summed E-state index contributed by atoms with van der Waals surface area (Å²) >= 11 is 0. The van der Waals surface area contributed by atoms with Crippen LogP contribution < -0.4 is 15.4 Å². The zero-order chi connectivity index (χ0) is 20.2. The summed E-state index contributed by atoms with van der Waals surface area (Å²) in [6.45, 7) is 7.68. The zero-order valence-electron chi connectivity index (χ0n) is 17.2. The number of guanidine groups is 1. The summed E-state index contributed by atoms with van der Waals surface area (Å²) in [5, 5.41) is 6.64. The molecule has 8 heteroatoms. The molecule has 2 rings (SSSR count). The molecule has 158 valence electrons. The van der Waals surface area contributed by atoms with Crippen molar-refractivity contribution in [2.45, 2.75) is 50.5 Å². The molecular formula is C20H35N5O2S. The van der Waals surface area contributed by atoms with Crippen molar-refractivity contribution in [1.82, 2.24) is 20.3 Å². The fourth-order valence-electron chi connectivity index (χ4n) is 3.31. The maximum absolute atomic E-state index is 11.9. The van der Waals surface area contributed by atoms with E-state index in [9.17, 15) is 8.42 Å². The van der Waals surface area contributed by atoms with Crippen LogP contribution in [0.25, 0.3) is 0 Å². The van der Waals surface area contributed by atoms with Crippen molar-refractivity contribution in [3.05, 3.63) is 29.8 Å². The molecule has 1 aromatic carbocycles. The van der Waals surface area contributed by atoms with Crippen LogP contribution in [0.15, 0.2) is 34.2 Å². The van der Waals surface area contributed by atoms with E-state index in [1.165, 1.54) is 45.8 Å². The highest BCUT2D eigenvalue weighted by molar-refractivity contribution is 7.89. The lowest BCUT2D eigenvalue weighted by molar-refractivity contribution is 0.282. The van der Waals surface area contributed by atoms with E-state index < -0.39 is 10.0 Å². The molecule has 28 heavy (non-hydrogen) atoms. The number of benzene rings is 1.